The van der Waals surface area contributed by atoms with Gasteiger partial charge >= 0.3 is 5.97 Å². The van der Waals surface area contributed by atoms with Gasteiger partial charge in [-0.1, -0.05) is 6.92 Å². The lowest BCUT2D eigenvalue weighted by Gasteiger charge is -2.04. The van der Waals surface area contributed by atoms with Crippen LogP contribution in [-0.2, 0) is 4.79 Å². The van der Waals surface area contributed by atoms with Gasteiger partial charge in [0.05, 0.1) is 5.92 Å². The molecule has 1 aromatic rings. The van der Waals surface area contributed by atoms with Gasteiger partial charge in [0.25, 0.3) is 5.91 Å². The van der Waals surface area contributed by atoms with Crippen molar-refractivity contribution in [2.75, 3.05) is 5.75 Å². The molecule has 0 fully saturated rings. The van der Waals surface area contributed by atoms with E-state index >= 15 is 0 Å². The lowest BCUT2D eigenvalue weighted by molar-refractivity contribution is -0.140. The molecule has 6 nitrogen and oxygen atoms in total. The minimum absolute atomic E-state index is 0.0932. The first-order valence-electron chi connectivity index (χ1n) is 4.50. The van der Waals surface area contributed by atoms with Crippen molar-refractivity contribution < 1.29 is 14.7 Å². The molecule has 16 heavy (non-hydrogen) atoms. The average Bonchev–Trinajstić information content (AvgIpc) is 2.26. The Labute approximate surface area is 96.2 Å². The molecule has 1 unspecified atom stereocenters. The van der Waals surface area contributed by atoms with Gasteiger partial charge in [-0.3, -0.25) is 9.59 Å². The molecule has 0 aromatic carbocycles. The van der Waals surface area contributed by atoms with E-state index in [2.05, 4.69) is 10.2 Å². The van der Waals surface area contributed by atoms with Crippen LogP contribution >= 0.6 is 11.8 Å². The summed E-state index contributed by atoms with van der Waals surface area (Å²) >= 11 is 1.27. The highest BCUT2D eigenvalue weighted by molar-refractivity contribution is 7.99. The Kier molecular flexibility index (Phi) is 4.24. The quantitative estimate of drug-likeness (QED) is 0.722. The fraction of sp³-hybridized carbons (Fsp3) is 0.333. The molecule has 0 saturated carbocycles. The zero-order valence-corrected chi connectivity index (χ0v) is 9.40. The van der Waals surface area contributed by atoms with Gasteiger partial charge in [0.1, 0.15) is 5.03 Å². The number of primary amides is 1. The number of amides is 1. The minimum Gasteiger partial charge on any atom is -0.481 e. The summed E-state index contributed by atoms with van der Waals surface area (Å²) in [5.41, 5.74) is 5.09. The highest BCUT2D eigenvalue weighted by Crippen LogP contribution is 2.17. The normalized spacial score (nSPS) is 12.1. The number of carbonyl (C=O) groups is 2. The van der Waals surface area contributed by atoms with E-state index < -0.39 is 17.8 Å². The van der Waals surface area contributed by atoms with Gasteiger partial charge < -0.3 is 10.8 Å². The Hall–Kier alpha value is -1.63. The van der Waals surface area contributed by atoms with Crippen LogP contribution in [0.4, 0.5) is 0 Å². The molecule has 1 amide bonds. The van der Waals surface area contributed by atoms with Crippen LogP contribution in [0.15, 0.2) is 17.2 Å². The molecule has 1 aromatic heterocycles. The molecule has 0 bridgehead atoms. The van der Waals surface area contributed by atoms with Crippen LogP contribution in [0.5, 0.6) is 0 Å². The number of carboxylic acids is 1. The van der Waals surface area contributed by atoms with Gasteiger partial charge in [-0.2, -0.15) is 0 Å². The zero-order valence-electron chi connectivity index (χ0n) is 8.58. The molecule has 0 radical (unpaired) electrons. The van der Waals surface area contributed by atoms with Gasteiger partial charge in [0.15, 0.2) is 5.69 Å². The van der Waals surface area contributed by atoms with E-state index in [-0.39, 0.29) is 5.69 Å². The Morgan fingerprint density at radius 1 is 1.50 bits per heavy atom. The number of hydrogen-bond donors (Lipinski definition) is 2. The molecule has 0 saturated heterocycles. The molecule has 0 aliphatic heterocycles. The maximum absolute atomic E-state index is 10.7. The molecule has 1 heterocycles. The Balaban J connectivity index is 2.56. The number of carbonyl (C=O) groups excluding carboxylic acids is 1. The summed E-state index contributed by atoms with van der Waals surface area (Å²) in [5.74, 6) is -1.54. The monoisotopic (exact) mass is 241 g/mol. The van der Waals surface area contributed by atoms with Crippen LogP contribution in [0.25, 0.3) is 0 Å². The van der Waals surface area contributed by atoms with E-state index in [4.69, 9.17) is 10.8 Å². The van der Waals surface area contributed by atoms with Crippen molar-refractivity contribution in [3.8, 4) is 0 Å². The van der Waals surface area contributed by atoms with Gasteiger partial charge in [-0.25, -0.2) is 0 Å². The number of aromatic nitrogens is 2. The first-order valence-corrected chi connectivity index (χ1v) is 5.48. The maximum atomic E-state index is 10.7. The van der Waals surface area contributed by atoms with Crippen LogP contribution in [-0.4, -0.2) is 32.9 Å². The largest absolute Gasteiger partial charge is 0.481 e. The predicted molar refractivity (Wildman–Crippen MR) is 58.1 cm³/mol. The van der Waals surface area contributed by atoms with E-state index in [1.54, 1.807) is 13.0 Å². The van der Waals surface area contributed by atoms with E-state index in [9.17, 15) is 9.59 Å². The SMILES string of the molecule is CC(CSc1ccc(C(N)=O)nn1)C(=O)O. The molecule has 0 aliphatic carbocycles. The second-order valence-electron chi connectivity index (χ2n) is 3.17. The summed E-state index contributed by atoms with van der Waals surface area (Å²) in [5, 5.41) is 16.6. The minimum atomic E-state index is -0.853. The molecule has 86 valence electrons. The lowest BCUT2D eigenvalue weighted by atomic mass is 10.2. The van der Waals surface area contributed by atoms with E-state index in [1.165, 1.54) is 17.8 Å². The number of nitrogens with two attached hydrogens (primary N) is 1. The highest BCUT2D eigenvalue weighted by Gasteiger charge is 2.12. The van der Waals surface area contributed by atoms with Crippen molar-refractivity contribution >= 4 is 23.6 Å². The second-order valence-corrected chi connectivity index (χ2v) is 4.21. The third-order valence-corrected chi connectivity index (χ3v) is 2.98. The molecule has 1 rings (SSSR count). The molecular formula is C9H11N3O3S. The van der Waals surface area contributed by atoms with Gasteiger partial charge in [0.2, 0.25) is 0 Å². The summed E-state index contributed by atoms with van der Waals surface area (Å²) in [6, 6.07) is 3.05. The number of hydrogen-bond acceptors (Lipinski definition) is 5. The highest BCUT2D eigenvalue weighted by atomic mass is 32.2. The van der Waals surface area contributed by atoms with Gasteiger partial charge in [0, 0.05) is 5.75 Å². The number of carboxylic acid groups (broad SMARTS) is 1. The van der Waals surface area contributed by atoms with Crippen molar-refractivity contribution in [2.45, 2.75) is 11.9 Å². The second kappa shape index (κ2) is 5.45. The first kappa shape index (κ1) is 12.4. The van der Waals surface area contributed by atoms with Crippen LogP contribution in [0.3, 0.4) is 0 Å². The summed E-state index contributed by atoms with van der Waals surface area (Å²) in [6.07, 6.45) is 0. The number of thioether (sulfide) groups is 1. The number of nitrogens with zero attached hydrogens (tertiary/aromatic N) is 2. The van der Waals surface area contributed by atoms with Crippen LogP contribution in [0.2, 0.25) is 0 Å². The summed E-state index contributed by atoms with van der Waals surface area (Å²) < 4.78 is 0. The molecule has 0 aliphatic rings. The van der Waals surface area contributed by atoms with Crippen molar-refractivity contribution in [1.82, 2.24) is 10.2 Å². The smallest absolute Gasteiger partial charge is 0.307 e. The van der Waals surface area contributed by atoms with Crippen LogP contribution < -0.4 is 5.73 Å². The maximum Gasteiger partial charge on any atom is 0.307 e. The Morgan fingerprint density at radius 2 is 2.19 bits per heavy atom. The van der Waals surface area contributed by atoms with Crippen molar-refractivity contribution in [3.05, 3.63) is 17.8 Å². The first-order chi connectivity index (χ1) is 7.50. The fourth-order valence-corrected chi connectivity index (χ4v) is 1.64. The topological polar surface area (TPSA) is 106 Å². The van der Waals surface area contributed by atoms with Gasteiger partial charge in [-0.15, -0.1) is 22.0 Å². The molecular weight excluding hydrogens is 230 g/mol. The van der Waals surface area contributed by atoms with Crippen molar-refractivity contribution in [1.29, 1.82) is 0 Å². The van der Waals surface area contributed by atoms with Crippen LogP contribution in [0.1, 0.15) is 17.4 Å². The summed E-state index contributed by atoms with van der Waals surface area (Å²) in [7, 11) is 0. The third-order valence-electron chi connectivity index (χ3n) is 1.80. The Bertz CT molecular complexity index is 393. The van der Waals surface area contributed by atoms with Gasteiger partial charge in [-0.05, 0) is 12.1 Å². The average molecular weight is 241 g/mol. The molecule has 1 atom stereocenters. The zero-order chi connectivity index (χ0) is 12.1. The number of rotatable bonds is 5. The summed E-state index contributed by atoms with van der Waals surface area (Å²) in [6.45, 7) is 1.61. The van der Waals surface area contributed by atoms with E-state index in [0.717, 1.165) is 0 Å². The third kappa shape index (κ3) is 3.50. The standard InChI is InChI=1S/C9H11N3O3S/c1-5(9(14)15)4-16-7-3-2-6(8(10)13)11-12-7/h2-3,5H,4H2,1H3,(H2,10,13)(H,14,15). The molecule has 0 spiro atoms. The van der Waals surface area contributed by atoms with E-state index in [1.807, 2.05) is 0 Å². The van der Waals surface area contributed by atoms with E-state index in [0.29, 0.717) is 10.8 Å². The lowest BCUT2D eigenvalue weighted by Crippen LogP contribution is -2.14. The van der Waals surface area contributed by atoms with Crippen molar-refractivity contribution in [3.63, 3.8) is 0 Å². The summed E-state index contributed by atoms with van der Waals surface area (Å²) in [4.78, 5) is 21.3. The Morgan fingerprint density at radius 3 is 2.62 bits per heavy atom. The predicted octanol–water partition coefficient (Wildman–Crippen LogP) is 0.388. The fourth-order valence-electron chi connectivity index (χ4n) is 0.810. The number of aliphatic carboxylic acids is 1. The van der Waals surface area contributed by atoms with Crippen molar-refractivity contribution in [2.24, 2.45) is 11.7 Å². The molecule has 3 N–H and O–H groups in total. The van der Waals surface area contributed by atoms with Crippen LogP contribution in [0, 0.1) is 5.92 Å². The molecule has 7 heteroatoms.